The molecular formula is C13H22ClN3O2. The first-order valence-corrected chi connectivity index (χ1v) is 7.01. The molecule has 0 saturated carbocycles. The SMILES string of the molecule is CCC(CCO)CNc1cnn(C(C)C)c(=O)c1Cl. The van der Waals surface area contributed by atoms with Gasteiger partial charge in [0.25, 0.3) is 5.56 Å². The molecule has 0 bridgehead atoms. The van der Waals surface area contributed by atoms with Crippen LogP contribution in [0.2, 0.25) is 5.02 Å². The lowest BCUT2D eigenvalue weighted by Gasteiger charge is -2.16. The monoisotopic (exact) mass is 287 g/mol. The summed E-state index contributed by atoms with van der Waals surface area (Å²) in [6.07, 6.45) is 3.27. The largest absolute Gasteiger partial charge is 0.396 e. The zero-order valence-corrected chi connectivity index (χ0v) is 12.4. The van der Waals surface area contributed by atoms with Gasteiger partial charge in [-0.1, -0.05) is 24.9 Å². The fraction of sp³-hybridized carbons (Fsp3) is 0.692. The van der Waals surface area contributed by atoms with Crippen LogP contribution in [-0.4, -0.2) is 28.0 Å². The zero-order valence-electron chi connectivity index (χ0n) is 11.7. The van der Waals surface area contributed by atoms with Crippen LogP contribution < -0.4 is 10.9 Å². The van der Waals surface area contributed by atoms with Gasteiger partial charge in [-0.15, -0.1) is 0 Å². The van der Waals surface area contributed by atoms with Gasteiger partial charge in [0, 0.05) is 13.2 Å². The number of hydrogen-bond acceptors (Lipinski definition) is 4. The van der Waals surface area contributed by atoms with Crippen LogP contribution in [0.15, 0.2) is 11.0 Å². The first kappa shape index (κ1) is 16.0. The molecule has 0 aliphatic carbocycles. The first-order chi connectivity index (χ1) is 9.01. The summed E-state index contributed by atoms with van der Waals surface area (Å²) in [6.45, 7) is 6.67. The number of halogens is 1. The molecule has 0 spiro atoms. The second-order valence-electron chi connectivity index (χ2n) is 4.88. The third kappa shape index (κ3) is 4.21. The van der Waals surface area contributed by atoms with Gasteiger partial charge in [0.05, 0.1) is 17.9 Å². The molecule has 0 aliphatic rings. The first-order valence-electron chi connectivity index (χ1n) is 6.63. The number of anilines is 1. The van der Waals surface area contributed by atoms with E-state index in [1.807, 2.05) is 13.8 Å². The lowest BCUT2D eigenvalue weighted by molar-refractivity contribution is 0.258. The lowest BCUT2D eigenvalue weighted by Crippen LogP contribution is -2.26. The van der Waals surface area contributed by atoms with Crippen molar-refractivity contribution in [3.63, 3.8) is 0 Å². The quantitative estimate of drug-likeness (QED) is 0.807. The highest BCUT2D eigenvalue weighted by atomic mass is 35.5. The minimum atomic E-state index is -0.281. The molecule has 1 aromatic heterocycles. The van der Waals surface area contributed by atoms with Crippen molar-refractivity contribution in [2.24, 2.45) is 5.92 Å². The molecule has 6 heteroatoms. The van der Waals surface area contributed by atoms with Crippen LogP contribution >= 0.6 is 11.6 Å². The maximum Gasteiger partial charge on any atom is 0.287 e. The van der Waals surface area contributed by atoms with Crippen molar-refractivity contribution >= 4 is 17.3 Å². The number of nitrogens with zero attached hydrogens (tertiary/aromatic N) is 2. The van der Waals surface area contributed by atoms with E-state index in [0.29, 0.717) is 18.2 Å². The van der Waals surface area contributed by atoms with Crippen molar-refractivity contribution in [2.75, 3.05) is 18.5 Å². The Morgan fingerprint density at radius 3 is 2.74 bits per heavy atom. The molecular weight excluding hydrogens is 266 g/mol. The average Bonchev–Trinajstić information content (AvgIpc) is 2.38. The molecule has 1 heterocycles. The molecule has 0 fully saturated rings. The fourth-order valence-electron chi connectivity index (χ4n) is 1.82. The summed E-state index contributed by atoms with van der Waals surface area (Å²) in [5.41, 5.74) is 0.275. The topological polar surface area (TPSA) is 67.2 Å². The third-order valence-corrected chi connectivity index (χ3v) is 3.49. The van der Waals surface area contributed by atoms with Crippen molar-refractivity contribution < 1.29 is 5.11 Å². The van der Waals surface area contributed by atoms with E-state index in [4.69, 9.17) is 16.7 Å². The van der Waals surface area contributed by atoms with Crippen LogP contribution in [0.25, 0.3) is 0 Å². The molecule has 5 nitrogen and oxygen atoms in total. The Morgan fingerprint density at radius 2 is 2.21 bits per heavy atom. The van der Waals surface area contributed by atoms with Crippen LogP contribution in [0.3, 0.4) is 0 Å². The molecule has 1 atom stereocenters. The number of aliphatic hydroxyl groups excluding tert-OH is 1. The summed E-state index contributed by atoms with van der Waals surface area (Å²) in [7, 11) is 0. The second-order valence-corrected chi connectivity index (χ2v) is 5.26. The minimum Gasteiger partial charge on any atom is -0.396 e. The molecule has 2 N–H and O–H groups in total. The van der Waals surface area contributed by atoms with E-state index in [1.165, 1.54) is 4.68 Å². The van der Waals surface area contributed by atoms with Gasteiger partial charge in [-0.05, 0) is 26.2 Å². The molecule has 108 valence electrons. The van der Waals surface area contributed by atoms with E-state index in [2.05, 4.69) is 17.3 Å². The Bertz CT molecular complexity index is 460. The van der Waals surface area contributed by atoms with E-state index in [9.17, 15) is 4.79 Å². The highest BCUT2D eigenvalue weighted by Crippen LogP contribution is 2.18. The van der Waals surface area contributed by atoms with Crippen molar-refractivity contribution in [1.29, 1.82) is 0 Å². The van der Waals surface area contributed by atoms with Crippen LogP contribution in [0.4, 0.5) is 5.69 Å². The predicted molar refractivity (Wildman–Crippen MR) is 77.9 cm³/mol. The van der Waals surface area contributed by atoms with Gasteiger partial charge in [0.15, 0.2) is 0 Å². The van der Waals surface area contributed by atoms with Gasteiger partial charge in [-0.2, -0.15) is 5.10 Å². The zero-order chi connectivity index (χ0) is 14.4. The summed E-state index contributed by atoms with van der Waals surface area (Å²) < 4.78 is 1.36. The highest BCUT2D eigenvalue weighted by molar-refractivity contribution is 6.32. The Labute approximate surface area is 118 Å². The maximum absolute atomic E-state index is 12.0. The standard InChI is InChI=1S/C13H22ClN3O2/c1-4-10(5-6-18)7-15-11-8-16-17(9(2)3)13(19)12(11)14/h8-10,15,18H,4-7H2,1-3H3. The van der Waals surface area contributed by atoms with E-state index in [1.54, 1.807) is 6.20 Å². The molecule has 0 saturated heterocycles. The van der Waals surface area contributed by atoms with E-state index >= 15 is 0 Å². The Hall–Kier alpha value is -1.07. The summed E-state index contributed by atoms with van der Waals surface area (Å²) in [5, 5.41) is 16.3. The van der Waals surface area contributed by atoms with E-state index < -0.39 is 0 Å². The molecule has 1 aromatic rings. The molecule has 19 heavy (non-hydrogen) atoms. The van der Waals surface area contributed by atoms with Crippen molar-refractivity contribution in [3.8, 4) is 0 Å². The van der Waals surface area contributed by atoms with Gasteiger partial charge in [-0.25, -0.2) is 4.68 Å². The average molecular weight is 288 g/mol. The second kappa shape index (κ2) is 7.50. The lowest BCUT2D eigenvalue weighted by atomic mass is 10.0. The Kier molecular flexibility index (Phi) is 6.31. The van der Waals surface area contributed by atoms with Gasteiger partial charge >= 0.3 is 0 Å². The molecule has 1 rings (SSSR count). The van der Waals surface area contributed by atoms with Gasteiger partial charge in [0.1, 0.15) is 5.02 Å². The summed E-state index contributed by atoms with van der Waals surface area (Å²) in [4.78, 5) is 12.0. The minimum absolute atomic E-state index is 0.0168. The van der Waals surface area contributed by atoms with E-state index in [0.717, 1.165) is 12.8 Å². The van der Waals surface area contributed by atoms with Crippen LogP contribution in [0.1, 0.15) is 39.7 Å². The van der Waals surface area contributed by atoms with Crippen LogP contribution in [0.5, 0.6) is 0 Å². The molecule has 0 aromatic carbocycles. The number of aromatic nitrogens is 2. The van der Waals surface area contributed by atoms with Gasteiger partial charge in [0.2, 0.25) is 0 Å². The Morgan fingerprint density at radius 1 is 1.53 bits per heavy atom. The van der Waals surface area contributed by atoms with Crippen molar-refractivity contribution in [3.05, 3.63) is 21.6 Å². The molecule has 0 amide bonds. The number of nitrogens with one attached hydrogen (secondary N) is 1. The molecule has 0 aliphatic heterocycles. The fourth-order valence-corrected chi connectivity index (χ4v) is 2.03. The van der Waals surface area contributed by atoms with Crippen LogP contribution in [-0.2, 0) is 0 Å². The summed E-state index contributed by atoms with van der Waals surface area (Å²) >= 11 is 6.06. The van der Waals surface area contributed by atoms with Crippen LogP contribution in [0, 0.1) is 5.92 Å². The smallest absolute Gasteiger partial charge is 0.287 e. The van der Waals surface area contributed by atoms with Crippen molar-refractivity contribution in [1.82, 2.24) is 9.78 Å². The normalized spacial score (nSPS) is 12.7. The number of hydrogen-bond donors (Lipinski definition) is 2. The summed E-state index contributed by atoms with van der Waals surface area (Å²) in [6, 6.07) is -0.0168. The molecule has 0 radical (unpaired) electrons. The predicted octanol–water partition coefficient (Wildman–Crippen LogP) is 2.30. The third-order valence-electron chi connectivity index (χ3n) is 3.13. The highest BCUT2D eigenvalue weighted by Gasteiger charge is 2.12. The number of rotatable bonds is 7. The molecule has 1 unspecified atom stereocenters. The maximum atomic E-state index is 12.0. The number of aliphatic hydroxyl groups is 1. The Balaban J connectivity index is 2.80. The summed E-state index contributed by atoms with van der Waals surface area (Å²) in [5.74, 6) is 0.355. The van der Waals surface area contributed by atoms with E-state index in [-0.39, 0.29) is 23.2 Å². The van der Waals surface area contributed by atoms with Gasteiger partial charge in [-0.3, -0.25) is 4.79 Å². The van der Waals surface area contributed by atoms with Crippen molar-refractivity contribution in [2.45, 2.75) is 39.7 Å². The van der Waals surface area contributed by atoms with Gasteiger partial charge < -0.3 is 10.4 Å².